The standard InChI is InChI=1S/C13H16N2O/c1-4-12-10(3)13(16)15(14-12)11-7-5-6-9(2)8-11/h5-8,16H,4H2,1-3H3. The normalized spacial score (nSPS) is 10.7. The van der Waals surface area contributed by atoms with Crippen LogP contribution in [-0.2, 0) is 6.42 Å². The third-order valence-electron chi connectivity index (χ3n) is 2.77. The molecule has 0 fully saturated rings. The van der Waals surface area contributed by atoms with Crippen LogP contribution >= 0.6 is 0 Å². The fraction of sp³-hybridized carbons (Fsp3) is 0.308. The van der Waals surface area contributed by atoms with E-state index in [1.54, 1.807) is 4.68 Å². The maximum Gasteiger partial charge on any atom is 0.217 e. The Bertz CT molecular complexity index is 515. The molecular formula is C13H16N2O. The van der Waals surface area contributed by atoms with Crippen molar-refractivity contribution in [1.29, 1.82) is 0 Å². The maximum absolute atomic E-state index is 9.99. The van der Waals surface area contributed by atoms with Crippen LogP contribution in [0, 0.1) is 13.8 Å². The van der Waals surface area contributed by atoms with E-state index < -0.39 is 0 Å². The molecular weight excluding hydrogens is 200 g/mol. The second-order valence-corrected chi connectivity index (χ2v) is 4.00. The van der Waals surface area contributed by atoms with E-state index in [4.69, 9.17) is 0 Å². The van der Waals surface area contributed by atoms with Crippen molar-refractivity contribution in [2.24, 2.45) is 0 Å². The maximum atomic E-state index is 9.99. The van der Waals surface area contributed by atoms with E-state index in [2.05, 4.69) is 5.10 Å². The fourth-order valence-electron chi connectivity index (χ4n) is 1.81. The first kappa shape index (κ1) is 10.7. The van der Waals surface area contributed by atoms with E-state index in [9.17, 15) is 5.11 Å². The van der Waals surface area contributed by atoms with E-state index >= 15 is 0 Å². The van der Waals surface area contributed by atoms with Gasteiger partial charge in [0.05, 0.1) is 11.4 Å². The van der Waals surface area contributed by atoms with Crippen molar-refractivity contribution in [2.45, 2.75) is 27.2 Å². The molecule has 1 aromatic carbocycles. The van der Waals surface area contributed by atoms with Crippen molar-refractivity contribution in [2.75, 3.05) is 0 Å². The Kier molecular flexibility index (Phi) is 2.69. The molecule has 0 aliphatic carbocycles. The third kappa shape index (κ3) is 1.69. The zero-order valence-electron chi connectivity index (χ0n) is 9.86. The van der Waals surface area contributed by atoms with Gasteiger partial charge in [0, 0.05) is 5.56 Å². The lowest BCUT2D eigenvalue weighted by atomic mass is 10.2. The van der Waals surface area contributed by atoms with Crippen molar-refractivity contribution in [3.63, 3.8) is 0 Å². The van der Waals surface area contributed by atoms with E-state index in [0.29, 0.717) is 0 Å². The van der Waals surface area contributed by atoms with Crippen molar-refractivity contribution in [1.82, 2.24) is 9.78 Å². The molecule has 0 aliphatic heterocycles. The lowest BCUT2D eigenvalue weighted by Crippen LogP contribution is -1.96. The van der Waals surface area contributed by atoms with Crippen molar-refractivity contribution < 1.29 is 5.11 Å². The number of hydrogen-bond acceptors (Lipinski definition) is 2. The van der Waals surface area contributed by atoms with Gasteiger partial charge in [-0.3, -0.25) is 0 Å². The minimum atomic E-state index is 0.238. The Morgan fingerprint density at radius 1 is 1.31 bits per heavy atom. The predicted octanol–water partition coefficient (Wildman–Crippen LogP) is 2.76. The largest absolute Gasteiger partial charge is 0.493 e. The molecule has 1 heterocycles. The SMILES string of the molecule is CCc1nn(-c2cccc(C)c2)c(O)c1C. The molecule has 0 unspecified atom stereocenters. The second kappa shape index (κ2) is 4.00. The summed E-state index contributed by atoms with van der Waals surface area (Å²) in [4.78, 5) is 0. The Labute approximate surface area is 95.3 Å². The minimum absolute atomic E-state index is 0.238. The van der Waals surface area contributed by atoms with Gasteiger partial charge in [-0.1, -0.05) is 19.1 Å². The monoisotopic (exact) mass is 216 g/mol. The van der Waals surface area contributed by atoms with Gasteiger partial charge in [0.2, 0.25) is 5.88 Å². The highest BCUT2D eigenvalue weighted by Crippen LogP contribution is 2.24. The minimum Gasteiger partial charge on any atom is -0.493 e. The highest BCUT2D eigenvalue weighted by molar-refractivity contribution is 5.41. The number of hydrogen-bond donors (Lipinski definition) is 1. The molecule has 0 bridgehead atoms. The van der Waals surface area contributed by atoms with Crippen molar-refractivity contribution in [3.05, 3.63) is 41.1 Å². The summed E-state index contributed by atoms with van der Waals surface area (Å²) in [7, 11) is 0. The molecule has 0 saturated heterocycles. The van der Waals surface area contributed by atoms with Crippen LogP contribution in [-0.4, -0.2) is 14.9 Å². The molecule has 0 saturated carbocycles. The third-order valence-corrected chi connectivity index (χ3v) is 2.77. The number of aromatic nitrogens is 2. The molecule has 3 heteroatoms. The molecule has 0 amide bonds. The van der Waals surface area contributed by atoms with E-state index in [-0.39, 0.29) is 5.88 Å². The number of benzene rings is 1. The van der Waals surface area contributed by atoms with Gasteiger partial charge in [-0.25, -0.2) is 4.68 Å². The molecule has 0 spiro atoms. The highest BCUT2D eigenvalue weighted by atomic mass is 16.3. The van der Waals surface area contributed by atoms with Gasteiger partial charge in [-0.05, 0) is 38.0 Å². The van der Waals surface area contributed by atoms with E-state index in [1.807, 2.05) is 45.0 Å². The molecule has 3 nitrogen and oxygen atoms in total. The summed E-state index contributed by atoms with van der Waals surface area (Å²) in [5, 5.41) is 14.4. The van der Waals surface area contributed by atoms with Gasteiger partial charge in [0.25, 0.3) is 0 Å². The Morgan fingerprint density at radius 3 is 2.62 bits per heavy atom. The summed E-state index contributed by atoms with van der Waals surface area (Å²) in [6.45, 7) is 5.96. The number of aryl methyl sites for hydroxylation is 2. The zero-order valence-corrected chi connectivity index (χ0v) is 9.86. The molecule has 0 radical (unpaired) electrons. The van der Waals surface area contributed by atoms with Gasteiger partial charge >= 0.3 is 0 Å². The Hall–Kier alpha value is -1.77. The number of rotatable bonds is 2. The van der Waals surface area contributed by atoms with Crippen LogP contribution in [0.25, 0.3) is 5.69 Å². The first-order chi connectivity index (χ1) is 7.63. The van der Waals surface area contributed by atoms with Gasteiger partial charge in [-0.15, -0.1) is 0 Å². The Morgan fingerprint density at radius 2 is 2.06 bits per heavy atom. The van der Waals surface area contributed by atoms with Crippen LogP contribution in [0.3, 0.4) is 0 Å². The molecule has 0 aliphatic rings. The molecule has 16 heavy (non-hydrogen) atoms. The van der Waals surface area contributed by atoms with Crippen LogP contribution in [0.2, 0.25) is 0 Å². The average Bonchev–Trinajstić information content (AvgIpc) is 2.56. The van der Waals surface area contributed by atoms with Gasteiger partial charge in [0.15, 0.2) is 0 Å². The summed E-state index contributed by atoms with van der Waals surface area (Å²) < 4.78 is 1.60. The summed E-state index contributed by atoms with van der Waals surface area (Å²) in [6, 6.07) is 7.94. The summed E-state index contributed by atoms with van der Waals surface area (Å²) >= 11 is 0. The molecule has 84 valence electrons. The average molecular weight is 216 g/mol. The lowest BCUT2D eigenvalue weighted by molar-refractivity contribution is 0.430. The van der Waals surface area contributed by atoms with E-state index in [1.165, 1.54) is 0 Å². The van der Waals surface area contributed by atoms with Crippen LogP contribution in [0.4, 0.5) is 0 Å². The quantitative estimate of drug-likeness (QED) is 0.838. The predicted molar refractivity (Wildman–Crippen MR) is 64.1 cm³/mol. The summed E-state index contributed by atoms with van der Waals surface area (Å²) in [5.41, 5.74) is 3.87. The smallest absolute Gasteiger partial charge is 0.217 e. The van der Waals surface area contributed by atoms with Crippen molar-refractivity contribution >= 4 is 0 Å². The first-order valence-electron chi connectivity index (χ1n) is 5.48. The molecule has 2 rings (SSSR count). The number of nitrogens with zero attached hydrogens (tertiary/aromatic N) is 2. The Balaban J connectivity index is 2.56. The lowest BCUT2D eigenvalue weighted by Gasteiger charge is -2.03. The van der Waals surface area contributed by atoms with Gasteiger partial charge in [0.1, 0.15) is 0 Å². The van der Waals surface area contributed by atoms with Gasteiger partial charge < -0.3 is 5.11 Å². The highest BCUT2D eigenvalue weighted by Gasteiger charge is 2.12. The molecule has 1 N–H and O–H groups in total. The van der Waals surface area contributed by atoms with Crippen LogP contribution in [0.1, 0.15) is 23.7 Å². The summed E-state index contributed by atoms with van der Waals surface area (Å²) in [5.74, 6) is 0.238. The van der Waals surface area contributed by atoms with Crippen LogP contribution in [0.5, 0.6) is 5.88 Å². The summed E-state index contributed by atoms with van der Waals surface area (Å²) in [6.07, 6.45) is 0.832. The molecule has 2 aromatic rings. The molecule has 0 atom stereocenters. The van der Waals surface area contributed by atoms with Gasteiger partial charge in [-0.2, -0.15) is 5.10 Å². The topological polar surface area (TPSA) is 38.0 Å². The zero-order chi connectivity index (χ0) is 11.7. The fourth-order valence-corrected chi connectivity index (χ4v) is 1.81. The first-order valence-corrected chi connectivity index (χ1v) is 5.48. The number of aromatic hydroxyl groups is 1. The van der Waals surface area contributed by atoms with E-state index in [0.717, 1.165) is 28.9 Å². The van der Waals surface area contributed by atoms with Crippen molar-refractivity contribution in [3.8, 4) is 11.6 Å². The van der Waals surface area contributed by atoms with Crippen LogP contribution < -0.4 is 0 Å². The van der Waals surface area contributed by atoms with Crippen LogP contribution in [0.15, 0.2) is 24.3 Å². The second-order valence-electron chi connectivity index (χ2n) is 4.00. The molecule has 1 aromatic heterocycles.